The van der Waals surface area contributed by atoms with Crippen molar-refractivity contribution in [1.29, 1.82) is 0 Å². The molecule has 0 bridgehead atoms. The number of hydrogen-bond donors (Lipinski definition) is 0. The van der Waals surface area contributed by atoms with Gasteiger partial charge in [0.05, 0.1) is 19.0 Å². The Balaban J connectivity index is 0.00000176. The quantitative estimate of drug-likeness (QED) is 0.592. The topological polar surface area (TPSA) is 65.0 Å². The van der Waals surface area contributed by atoms with Gasteiger partial charge in [0.25, 0.3) is 0 Å². The summed E-state index contributed by atoms with van der Waals surface area (Å²) in [6.45, 7) is 5.66. The van der Waals surface area contributed by atoms with E-state index in [1.165, 1.54) is 6.26 Å². The van der Waals surface area contributed by atoms with Gasteiger partial charge in [-0.3, -0.25) is 13.4 Å². The van der Waals surface area contributed by atoms with Gasteiger partial charge in [-0.25, -0.2) is 0 Å². The van der Waals surface area contributed by atoms with Crippen molar-refractivity contribution in [2.45, 2.75) is 57.8 Å². The first-order chi connectivity index (χ1) is 13.0. The van der Waals surface area contributed by atoms with Gasteiger partial charge in [0.15, 0.2) is 0 Å². The molecule has 27 heavy (non-hydrogen) atoms. The number of alkyl halides is 1. The average Bonchev–Trinajstić information content (AvgIpc) is 3.15. The van der Waals surface area contributed by atoms with Gasteiger partial charge < -0.3 is 9.57 Å². The van der Waals surface area contributed by atoms with E-state index in [4.69, 9.17) is 9.57 Å². The number of esters is 1. The molecule has 152 valence electrons. The zero-order valence-corrected chi connectivity index (χ0v) is 17.4. The highest BCUT2D eigenvalue weighted by Crippen LogP contribution is 2.22. The highest BCUT2D eigenvalue weighted by atomic mass is 32.2. The third-order valence-corrected chi connectivity index (χ3v) is 5.23. The fourth-order valence-electron chi connectivity index (χ4n) is 2.70. The van der Waals surface area contributed by atoms with Crippen LogP contribution in [0.2, 0.25) is 0 Å². The molecule has 3 atom stereocenters. The smallest absolute Gasteiger partial charge is 0.321 e. The van der Waals surface area contributed by atoms with Gasteiger partial charge >= 0.3 is 5.97 Å². The van der Waals surface area contributed by atoms with Gasteiger partial charge in [-0.1, -0.05) is 43.3 Å². The largest absolute Gasteiger partial charge is 0.465 e. The summed E-state index contributed by atoms with van der Waals surface area (Å²) in [4.78, 5) is 17.3. The van der Waals surface area contributed by atoms with E-state index in [-0.39, 0.29) is 19.4 Å². The van der Waals surface area contributed by atoms with Crippen molar-refractivity contribution >= 4 is 22.5 Å². The van der Waals surface area contributed by atoms with E-state index >= 15 is 0 Å². The fourth-order valence-corrected chi connectivity index (χ4v) is 3.53. The van der Waals surface area contributed by atoms with Gasteiger partial charge in [0.1, 0.15) is 11.4 Å². The summed E-state index contributed by atoms with van der Waals surface area (Å²) in [7, 11) is -1.33. The second-order valence-corrected chi connectivity index (χ2v) is 7.50. The molecule has 7 heteroatoms. The monoisotopic (exact) mass is 399 g/mol. The molecule has 0 spiro atoms. The van der Waals surface area contributed by atoms with Crippen LogP contribution in [-0.2, 0) is 31.6 Å². The molecule has 2 rings (SSSR count). The summed E-state index contributed by atoms with van der Waals surface area (Å²) >= 11 is 0. The molecule has 0 aromatic heterocycles. The van der Waals surface area contributed by atoms with Crippen molar-refractivity contribution in [2.24, 2.45) is 5.16 Å². The van der Waals surface area contributed by atoms with Crippen LogP contribution in [0.25, 0.3) is 0 Å². The minimum absolute atomic E-state index is 0.258. The number of carbonyl (C=O) groups excluding carboxylic acids is 1. The molecule has 1 aliphatic rings. The van der Waals surface area contributed by atoms with E-state index < -0.39 is 22.0 Å². The van der Waals surface area contributed by atoms with Crippen LogP contribution in [0.3, 0.4) is 0 Å². The third-order valence-electron chi connectivity index (χ3n) is 4.05. The van der Waals surface area contributed by atoms with E-state index in [2.05, 4.69) is 5.16 Å². The summed E-state index contributed by atoms with van der Waals surface area (Å²) < 4.78 is 29.0. The molecule has 1 aliphatic heterocycles. The summed E-state index contributed by atoms with van der Waals surface area (Å²) in [5.41, 5.74) is 2.82. The first-order valence-corrected chi connectivity index (χ1v) is 11.0. The SMILES string of the molecule is CC.CCOC(=O)C(CC1CC(c2ccc(CCCF)cc2)=NO1)S(C)=O. The van der Waals surface area contributed by atoms with Crippen molar-refractivity contribution < 1.29 is 23.0 Å². The van der Waals surface area contributed by atoms with Crippen LogP contribution in [0.1, 0.15) is 51.2 Å². The van der Waals surface area contributed by atoms with Gasteiger partial charge in [-0.15, -0.1) is 0 Å². The lowest BCUT2D eigenvalue weighted by atomic mass is 10.0. The number of ether oxygens (including phenoxy) is 1. The van der Waals surface area contributed by atoms with Gasteiger partial charge in [0, 0.05) is 29.9 Å². The van der Waals surface area contributed by atoms with Crippen molar-refractivity contribution in [3.8, 4) is 0 Å². The zero-order valence-electron chi connectivity index (χ0n) is 16.6. The predicted molar refractivity (Wildman–Crippen MR) is 107 cm³/mol. The summed E-state index contributed by atoms with van der Waals surface area (Å²) in [6.07, 6.45) is 3.30. The number of halogens is 1. The molecule has 0 saturated carbocycles. The van der Waals surface area contributed by atoms with Crippen LogP contribution in [0.15, 0.2) is 29.4 Å². The number of carbonyl (C=O) groups is 1. The van der Waals surface area contributed by atoms with Crippen LogP contribution in [0, 0.1) is 0 Å². The highest BCUT2D eigenvalue weighted by molar-refractivity contribution is 7.85. The van der Waals surface area contributed by atoms with Gasteiger partial charge in [-0.2, -0.15) is 0 Å². The zero-order chi connectivity index (χ0) is 20.2. The van der Waals surface area contributed by atoms with Gasteiger partial charge in [-0.05, 0) is 30.9 Å². The Labute approximate surface area is 163 Å². The lowest BCUT2D eigenvalue weighted by molar-refractivity contribution is -0.143. The molecule has 1 aromatic carbocycles. The highest BCUT2D eigenvalue weighted by Gasteiger charge is 2.32. The Morgan fingerprint density at radius 2 is 2.04 bits per heavy atom. The Kier molecular flexibility index (Phi) is 10.9. The van der Waals surface area contributed by atoms with Crippen LogP contribution >= 0.6 is 0 Å². The number of benzene rings is 1. The normalized spacial score (nSPS) is 17.8. The maximum absolute atomic E-state index is 12.2. The second-order valence-electron chi connectivity index (χ2n) is 5.93. The molecule has 0 saturated heterocycles. The lowest BCUT2D eigenvalue weighted by Crippen LogP contribution is -2.31. The molecule has 0 radical (unpaired) electrons. The fraction of sp³-hybridized carbons (Fsp3) is 0.600. The van der Waals surface area contributed by atoms with Crippen LogP contribution in [0.4, 0.5) is 4.39 Å². The van der Waals surface area contributed by atoms with E-state index in [0.29, 0.717) is 25.7 Å². The van der Waals surface area contributed by atoms with Crippen molar-refractivity contribution in [3.63, 3.8) is 0 Å². The minimum atomic E-state index is -1.33. The predicted octanol–water partition coefficient (Wildman–Crippen LogP) is 3.81. The van der Waals surface area contributed by atoms with E-state index in [9.17, 15) is 13.4 Å². The Morgan fingerprint density at radius 3 is 2.59 bits per heavy atom. The molecular formula is C20H30FNO4S. The average molecular weight is 400 g/mol. The Bertz CT molecular complexity index is 633. The molecule has 1 heterocycles. The Morgan fingerprint density at radius 1 is 1.37 bits per heavy atom. The first kappa shape index (κ1) is 23.3. The summed E-state index contributed by atoms with van der Waals surface area (Å²) in [5, 5.41) is 3.40. The molecule has 1 aromatic rings. The summed E-state index contributed by atoms with van der Waals surface area (Å²) in [6, 6.07) is 7.81. The van der Waals surface area contributed by atoms with Crippen molar-refractivity contribution in [1.82, 2.24) is 0 Å². The van der Waals surface area contributed by atoms with Crippen molar-refractivity contribution in [2.75, 3.05) is 19.5 Å². The summed E-state index contributed by atoms with van der Waals surface area (Å²) in [5.74, 6) is -0.461. The van der Waals surface area contributed by atoms with Crippen LogP contribution in [-0.4, -0.2) is 46.8 Å². The van der Waals surface area contributed by atoms with Crippen molar-refractivity contribution in [3.05, 3.63) is 35.4 Å². The maximum atomic E-state index is 12.2. The third kappa shape index (κ3) is 7.40. The molecular weight excluding hydrogens is 369 g/mol. The molecule has 3 unspecified atom stereocenters. The second kappa shape index (κ2) is 12.6. The Hall–Kier alpha value is -1.76. The molecule has 0 aliphatic carbocycles. The number of nitrogens with zero attached hydrogens (tertiary/aromatic N) is 1. The first-order valence-electron chi connectivity index (χ1n) is 9.42. The number of hydrogen-bond acceptors (Lipinski definition) is 5. The molecule has 0 amide bonds. The molecule has 0 N–H and O–H groups in total. The van der Waals surface area contributed by atoms with Crippen LogP contribution < -0.4 is 0 Å². The van der Waals surface area contributed by atoms with E-state index in [1.54, 1.807) is 6.92 Å². The number of aryl methyl sites for hydroxylation is 1. The number of oxime groups is 1. The van der Waals surface area contributed by atoms with E-state index in [0.717, 1.165) is 16.8 Å². The molecule has 5 nitrogen and oxygen atoms in total. The van der Waals surface area contributed by atoms with Crippen LogP contribution in [0.5, 0.6) is 0 Å². The lowest BCUT2D eigenvalue weighted by Gasteiger charge is -2.15. The standard InChI is InChI=1S/C18H24FNO4S.C2H6/c1-3-23-18(21)17(25(2)22)12-15-11-16(20-24-15)14-8-6-13(7-9-14)5-4-10-19;1-2/h6-9,15,17H,3-5,10-12H2,1-2H3;1-2H3. The number of rotatable bonds is 9. The maximum Gasteiger partial charge on any atom is 0.321 e. The van der Waals surface area contributed by atoms with E-state index in [1.807, 2.05) is 38.1 Å². The molecule has 0 fully saturated rings. The minimum Gasteiger partial charge on any atom is -0.465 e. The van der Waals surface area contributed by atoms with Gasteiger partial charge in [0.2, 0.25) is 0 Å².